The molecule has 0 amide bonds. The van der Waals surface area contributed by atoms with Gasteiger partial charge in [-0.1, -0.05) is 6.92 Å². The molecular formula is C14H25N5O. The topological polar surface area (TPSA) is 76.3 Å². The maximum atomic E-state index is 5.94. The summed E-state index contributed by atoms with van der Waals surface area (Å²) < 4.78 is 5.37. The van der Waals surface area contributed by atoms with Gasteiger partial charge >= 0.3 is 0 Å². The van der Waals surface area contributed by atoms with Crippen molar-refractivity contribution in [1.29, 1.82) is 0 Å². The minimum atomic E-state index is 0.311. The zero-order valence-electron chi connectivity index (χ0n) is 12.6. The Morgan fingerprint density at radius 3 is 2.70 bits per heavy atom. The third-order valence-electron chi connectivity index (χ3n) is 3.56. The molecule has 112 valence electrons. The Morgan fingerprint density at radius 1 is 1.35 bits per heavy atom. The second-order valence-corrected chi connectivity index (χ2v) is 5.31. The molecule has 6 heteroatoms. The molecule has 3 N–H and O–H groups in total. The lowest BCUT2D eigenvalue weighted by Gasteiger charge is -2.29. The minimum absolute atomic E-state index is 0.311. The highest BCUT2D eigenvalue weighted by molar-refractivity contribution is 5.55. The second kappa shape index (κ2) is 6.85. The van der Waals surface area contributed by atoms with Crippen molar-refractivity contribution in [3.63, 3.8) is 0 Å². The SMILES string of the molecule is CCc1nc(N)c(C)c(NC(C)CN2CCOCC2)n1. The number of nitrogens with two attached hydrogens (primary N) is 1. The van der Waals surface area contributed by atoms with Crippen molar-refractivity contribution in [2.24, 2.45) is 0 Å². The molecule has 1 unspecified atom stereocenters. The van der Waals surface area contributed by atoms with Crippen molar-refractivity contribution in [3.8, 4) is 0 Å². The number of aryl methyl sites for hydroxylation is 1. The van der Waals surface area contributed by atoms with Gasteiger partial charge in [0.1, 0.15) is 17.5 Å². The van der Waals surface area contributed by atoms with Crippen LogP contribution in [-0.4, -0.2) is 53.8 Å². The first-order chi connectivity index (χ1) is 9.60. The quantitative estimate of drug-likeness (QED) is 0.839. The van der Waals surface area contributed by atoms with E-state index in [-0.39, 0.29) is 0 Å². The Morgan fingerprint density at radius 2 is 2.05 bits per heavy atom. The van der Waals surface area contributed by atoms with Gasteiger partial charge in [-0.05, 0) is 13.8 Å². The van der Waals surface area contributed by atoms with E-state index in [2.05, 4.69) is 27.1 Å². The van der Waals surface area contributed by atoms with Crippen molar-refractivity contribution in [2.75, 3.05) is 43.9 Å². The molecule has 1 saturated heterocycles. The molecule has 0 spiro atoms. The average Bonchev–Trinajstić information content (AvgIpc) is 2.44. The highest BCUT2D eigenvalue weighted by Crippen LogP contribution is 2.18. The lowest BCUT2D eigenvalue weighted by atomic mass is 10.2. The van der Waals surface area contributed by atoms with Crippen LogP contribution in [0.2, 0.25) is 0 Å². The van der Waals surface area contributed by atoms with Gasteiger partial charge in [-0.15, -0.1) is 0 Å². The fourth-order valence-electron chi connectivity index (χ4n) is 2.33. The first kappa shape index (κ1) is 15.0. The number of nitrogens with zero attached hydrogens (tertiary/aromatic N) is 3. The summed E-state index contributed by atoms with van der Waals surface area (Å²) in [7, 11) is 0. The third kappa shape index (κ3) is 3.80. The molecule has 2 rings (SSSR count). The Labute approximate surface area is 120 Å². The van der Waals surface area contributed by atoms with Crippen LogP contribution in [-0.2, 0) is 11.2 Å². The average molecular weight is 279 g/mol. The van der Waals surface area contributed by atoms with E-state index < -0.39 is 0 Å². The standard InChI is InChI=1S/C14H25N5O/c1-4-12-17-13(15)11(3)14(18-12)16-10(2)9-19-5-7-20-8-6-19/h10H,4-9H2,1-3H3,(H3,15,16,17,18). The molecule has 6 nitrogen and oxygen atoms in total. The lowest BCUT2D eigenvalue weighted by molar-refractivity contribution is 0.0368. The van der Waals surface area contributed by atoms with Gasteiger partial charge in [-0.3, -0.25) is 4.90 Å². The summed E-state index contributed by atoms with van der Waals surface area (Å²) >= 11 is 0. The molecular weight excluding hydrogens is 254 g/mol. The highest BCUT2D eigenvalue weighted by atomic mass is 16.5. The van der Waals surface area contributed by atoms with Crippen LogP contribution in [0.4, 0.5) is 11.6 Å². The monoisotopic (exact) mass is 279 g/mol. The molecule has 1 atom stereocenters. The summed E-state index contributed by atoms with van der Waals surface area (Å²) in [6, 6.07) is 0.311. The van der Waals surface area contributed by atoms with Crippen LogP contribution in [0.5, 0.6) is 0 Å². The van der Waals surface area contributed by atoms with Crippen LogP contribution in [0.3, 0.4) is 0 Å². The van der Waals surface area contributed by atoms with Crippen LogP contribution < -0.4 is 11.1 Å². The van der Waals surface area contributed by atoms with Gasteiger partial charge in [0.25, 0.3) is 0 Å². The predicted octanol–water partition coefficient (Wildman–Crippen LogP) is 1.06. The van der Waals surface area contributed by atoms with Gasteiger partial charge in [0.05, 0.1) is 13.2 Å². The van der Waals surface area contributed by atoms with E-state index in [1.807, 2.05) is 13.8 Å². The van der Waals surface area contributed by atoms with Crippen molar-refractivity contribution < 1.29 is 4.74 Å². The minimum Gasteiger partial charge on any atom is -0.383 e. The van der Waals surface area contributed by atoms with E-state index in [1.54, 1.807) is 0 Å². The number of rotatable bonds is 5. The second-order valence-electron chi connectivity index (χ2n) is 5.31. The fraction of sp³-hybridized carbons (Fsp3) is 0.714. The van der Waals surface area contributed by atoms with E-state index >= 15 is 0 Å². The maximum absolute atomic E-state index is 5.94. The number of hydrogen-bond acceptors (Lipinski definition) is 6. The fourth-order valence-corrected chi connectivity index (χ4v) is 2.33. The number of ether oxygens (including phenoxy) is 1. The summed E-state index contributed by atoms with van der Waals surface area (Å²) in [5, 5.41) is 3.46. The Bertz CT molecular complexity index is 445. The van der Waals surface area contributed by atoms with Gasteiger partial charge in [-0.25, -0.2) is 9.97 Å². The molecule has 0 bridgehead atoms. The van der Waals surface area contributed by atoms with Crippen LogP contribution >= 0.6 is 0 Å². The zero-order chi connectivity index (χ0) is 14.5. The van der Waals surface area contributed by atoms with Crippen LogP contribution in [0.15, 0.2) is 0 Å². The lowest BCUT2D eigenvalue weighted by Crippen LogP contribution is -2.42. The molecule has 1 fully saturated rings. The molecule has 2 heterocycles. The predicted molar refractivity (Wildman–Crippen MR) is 80.9 cm³/mol. The van der Waals surface area contributed by atoms with E-state index in [4.69, 9.17) is 10.5 Å². The van der Waals surface area contributed by atoms with Crippen molar-refractivity contribution in [1.82, 2.24) is 14.9 Å². The number of aromatic nitrogens is 2. The summed E-state index contributed by atoms with van der Waals surface area (Å²) in [4.78, 5) is 11.2. The van der Waals surface area contributed by atoms with Crippen molar-refractivity contribution in [3.05, 3.63) is 11.4 Å². The number of hydrogen-bond donors (Lipinski definition) is 2. The molecule has 20 heavy (non-hydrogen) atoms. The van der Waals surface area contributed by atoms with Gasteiger partial charge in [-0.2, -0.15) is 0 Å². The Hall–Kier alpha value is -1.40. The maximum Gasteiger partial charge on any atom is 0.135 e. The van der Waals surface area contributed by atoms with E-state index in [0.717, 1.165) is 56.5 Å². The molecule has 1 aliphatic heterocycles. The highest BCUT2D eigenvalue weighted by Gasteiger charge is 2.15. The van der Waals surface area contributed by atoms with Crippen LogP contribution in [0, 0.1) is 6.92 Å². The van der Waals surface area contributed by atoms with Gasteiger partial charge in [0.15, 0.2) is 0 Å². The number of nitrogens with one attached hydrogen (secondary N) is 1. The Kier molecular flexibility index (Phi) is 5.14. The molecule has 1 aromatic heterocycles. The molecule has 0 aromatic carbocycles. The van der Waals surface area contributed by atoms with Gasteiger partial charge in [0, 0.05) is 37.7 Å². The number of morpholine rings is 1. The summed E-state index contributed by atoms with van der Waals surface area (Å²) in [5.74, 6) is 2.21. The van der Waals surface area contributed by atoms with Gasteiger partial charge < -0.3 is 15.8 Å². The number of anilines is 2. The first-order valence-corrected chi connectivity index (χ1v) is 7.29. The first-order valence-electron chi connectivity index (χ1n) is 7.29. The van der Waals surface area contributed by atoms with Crippen LogP contribution in [0.25, 0.3) is 0 Å². The molecule has 0 aliphatic carbocycles. The van der Waals surface area contributed by atoms with E-state index in [0.29, 0.717) is 11.9 Å². The molecule has 0 radical (unpaired) electrons. The van der Waals surface area contributed by atoms with E-state index in [1.165, 1.54) is 0 Å². The van der Waals surface area contributed by atoms with Gasteiger partial charge in [0.2, 0.25) is 0 Å². The Balaban J connectivity index is 1.99. The summed E-state index contributed by atoms with van der Waals surface area (Å²) in [5.41, 5.74) is 6.87. The molecule has 0 saturated carbocycles. The summed E-state index contributed by atoms with van der Waals surface area (Å²) in [6.07, 6.45) is 0.789. The largest absolute Gasteiger partial charge is 0.383 e. The summed E-state index contributed by atoms with van der Waals surface area (Å²) in [6.45, 7) is 10.8. The van der Waals surface area contributed by atoms with E-state index in [9.17, 15) is 0 Å². The van der Waals surface area contributed by atoms with Crippen molar-refractivity contribution in [2.45, 2.75) is 33.2 Å². The molecule has 1 aromatic rings. The van der Waals surface area contributed by atoms with Crippen LogP contribution in [0.1, 0.15) is 25.2 Å². The van der Waals surface area contributed by atoms with Crippen molar-refractivity contribution >= 4 is 11.6 Å². The smallest absolute Gasteiger partial charge is 0.135 e. The number of nitrogen functional groups attached to an aromatic ring is 1. The molecule has 1 aliphatic rings. The normalized spacial score (nSPS) is 17.9. The zero-order valence-corrected chi connectivity index (χ0v) is 12.6. The third-order valence-corrected chi connectivity index (χ3v) is 3.56.